The number of nitrogens with one attached hydrogen (secondary N) is 2. The highest BCUT2D eigenvalue weighted by Crippen LogP contribution is 2.24. The standard InChI is InChI=1S/C16H20N2O6S/c1-23-8-3-7-18-25(21,22)15-10-12(16(19)20)5-6-14(15)17-11-13-4-2-9-24-13/h2,4-6,9-10,17-18H,3,7-8,11H2,1H3,(H,19,20). The van der Waals surface area contributed by atoms with Gasteiger partial charge in [-0.15, -0.1) is 0 Å². The molecule has 3 N–H and O–H groups in total. The van der Waals surface area contributed by atoms with Gasteiger partial charge >= 0.3 is 5.97 Å². The van der Waals surface area contributed by atoms with Gasteiger partial charge in [-0.2, -0.15) is 0 Å². The summed E-state index contributed by atoms with van der Waals surface area (Å²) >= 11 is 0. The molecule has 0 unspecified atom stereocenters. The quantitative estimate of drug-likeness (QED) is 0.548. The molecule has 136 valence electrons. The molecule has 0 fully saturated rings. The lowest BCUT2D eigenvalue weighted by Gasteiger charge is -2.13. The van der Waals surface area contributed by atoms with Crippen LogP contribution in [0.15, 0.2) is 45.9 Å². The molecule has 9 heteroatoms. The summed E-state index contributed by atoms with van der Waals surface area (Å²) < 4.78 is 37.6. The SMILES string of the molecule is COCCCNS(=O)(=O)c1cc(C(=O)O)ccc1NCc1ccco1. The number of carbonyl (C=O) groups is 1. The minimum atomic E-state index is -3.88. The minimum Gasteiger partial charge on any atom is -0.478 e. The Bertz CT molecular complexity index is 802. The van der Waals surface area contributed by atoms with E-state index < -0.39 is 16.0 Å². The number of aromatic carboxylic acids is 1. The zero-order valence-electron chi connectivity index (χ0n) is 13.7. The number of methoxy groups -OCH3 is 1. The molecule has 2 aromatic rings. The fourth-order valence-corrected chi connectivity index (χ4v) is 3.40. The van der Waals surface area contributed by atoms with E-state index in [-0.39, 0.29) is 23.5 Å². The van der Waals surface area contributed by atoms with Crippen LogP contribution in [-0.2, 0) is 21.3 Å². The van der Waals surface area contributed by atoms with Gasteiger partial charge in [-0.05, 0) is 36.8 Å². The van der Waals surface area contributed by atoms with Gasteiger partial charge in [0, 0.05) is 20.3 Å². The van der Waals surface area contributed by atoms with Gasteiger partial charge < -0.3 is 19.6 Å². The van der Waals surface area contributed by atoms with E-state index in [9.17, 15) is 13.2 Å². The van der Waals surface area contributed by atoms with Crippen molar-refractivity contribution in [3.05, 3.63) is 47.9 Å². The number of benzene rings is 1. The van der Waals surface area contributed by atoms with Gasteiger partial charge in [-0.3, -0.25) is 0 Å². The highest BCUT2D eigenvalue weighted by atomic mass is 32.2. The van der Waals surface area contributed by atoms with Crippen molar-refractivity contribution in [1.82, 2.24) is 4.72 Å². The van der Waals surface area contributed by atoms with Crippen LogP contribution in [0.5, 0.6) is 0 Å². The van der Waals surface area contributed by atoms with E-state index in [1.807, 2.05) is 0 Å². The average molecular weight is 368 g/mol. The van der Waals surface area contributed by atoms with Gasteiger partial charge in [0.2, 0.25) is 10.0 Å². The lowest BCUT2D eigenvalue weighted by atomic mass is 10.2. The van der Waals surface area contributed by atoms with Crippen molar-refractivity contribution < 1.29 is 27.5 Å². The maximum atomic E-state index is 12.5. The Morgan fingerprint density at radius 1 is 1.32 bits per heavy atom. The van der Waals surface area contributed by atoms with E-state index in [1.54, 1.807) is 12.1 Å². The number of sulfonamides is 1. The molecule has 0 aliphatic heterocycles. The van der Waals surface area contributed by atoms with Crippen molar-refractivity contribution in [3.63, 3.8) is 0 Å². The largest absolute Gasteiger partial charge is 0.478 e. The third-order valence-electron chi connectivity index (χ3n) is 3.37. The van der Waals surface area contributed by atoms with E-state index in [0.29, 0.717) is 24.5 Å². The monoisotopic (exact) mass is 368 g/mol. The molecule has 25 heavy (non-hydrogen) atoms. The molecule has 0 aliphatic rings. The summed E-state index contributed by atoms with van der Waals surface area (Å²) in [6.07, 6.45) is 2.02. The maximum absolute atomic E-state index is 12.5. The van der Waals surface area contributed by atoms with Crippen LogP contribution in [0.3, 0.4) is 0 Å². The number of hydrogen-bond acceptors (Lipinski definition) is 6. The molecule has 0 amide bonds. The molecule has 1 heterocycles. The predicted octanol–water partition coefficient (Wildman–Crippen LogP) is 1.90. The van der Waals surface area contributed by atoms with Crippen LogP contribution in [0.2, 0.25) is 0 Å². The summed E-state index contributed by atoms with van der Waals surface area (Å²) in [5.41, 5.74) is 0.182. The first-order chi connectivity index (χ1) is 11.9. The number of carboxylic acid groups (broad SMARTS) is 1. The van der Waals surface area contributed by atoms with Crippen LogP contribution in [0.1, 0.15) is 22.5 Å². The second kappa shape index (κ2) is 8.65. The van der Waals surface area contributed by atoms with Crippen molar-refractivity contribution in [2.24, 2.45) is 0 Å². The van der Waals surface area contributed by atoms with Crippen LogP contribution in [0, 0.1) is 0 Å². The zero-order chi connectivity index (χ0) is 18.3. The maximum Gasteiger partial charge on any atom is 0.335 e. The number of hydrogen-bond donors (Lipinski definition) is 3. The molecule has 8 nitrogen and oxygen atoms in total. The molecule has 1 aromatic heterocycles. The lowest BCUT2D eigenvalue weighted by Crippen LogP contribution is -2.26. The molecular formula is C16H20N2O6S. The predicted molar refractivity (Wildman–Crippen MR) is 91.1 cm³/mol. The van der Waals surface area contributed by atoms with Crippen molar-refractivity contribution in [3.8, 4) is 0 Å². The number of furan rings is 1. The smallest absolute Gasteiger partial charge is 0.335 e. The highest BCUT2D eigenvalue weighted by molar-refractivity contribution is 7.89. The minimum absolute atomic E-state index is 0.110. The van der Waals surface area contributed by atoms with Crippen LogP contribution >= 0.6 is 0 Å². The van der Waals surface area contributed by atoms with Gasteiger partial charge in [0.15, 0.2) is 0 Å². The van der Waals surface area contributed by atoms with E-state index >= 15 is 0 Å². The molecule has 0 radical (unpaired) electrons. The molecule has 2 rings (SSSR count). The summed E-state index contributed by atoms with van der Waals surface area (Å²) in [4.78, 5) is 11.0. The van der Waals surface area contributed by atoms with E-state index in [1.165, 1.54) is 25.5 Å². The first-order valence-electron chi connectivity index (χ1n) is 7.56. The number of ether oxygens (including phenoxy) is 1. The normalized spacial score (nSPS) is 11.4. The second-order valence-electron chi connectivity index (χ2n) is 5.19. The van der Waals surface area contributed by atoms with Crippen molar-refractivity contribution in [1.29, 1.82) is 0 Å². The second-order valence-corrected chi connectivity index (χ2v) is 6.93. The van der Waals surface area contributed by atoms with Crippen molar-refractivity contribution in [2.75, 3.05) is 25.6 Å². The van der Waals surface area contributed by atoms with Crippen molar-refractivity contribution in [2.45, 2.75) is 17.9 Å². The molecule has 1 aromatic carbocycles. The topological polar surface area (TPSA) is 118 Å². The third kappa shape index (κ3) is 5.31. The summed E-state index contributed by atoms with van der Waals surface area (Å²) in [5, 5.41) is 12.1. The first-order valence-corrected chi connectivity index (χ1v) is 9.04. The van der Waals surface area contributed by atoms with Crippen LogP contribution in [0.4, 0.5) is 5.69 Å². The van der Waals surface area contributed by atoms with Crippen LogP contribution in [-0.4, -0.2) is 39.8 Å². The van der Waals surface area contributed by atoms with Gasteiger partial charge in [0.25, 0.3) is 0 Å². The number of rotatable bonds is 10. The Kier molecular flexibility index (Phi) is 6.57. The van der Waals surface area contributed by atoms with Gasteiger partial charge in [0.05, 0.1) is 24.1 Å². The van der Waals surface area contributed by atoms with Gasteiger partial charge in [-0.1, -0.05) is 0 Å². The number of carboxylic acids is 1. The zero-order valence-corrected chi connectivity index (χ0v) is 14.5. The molecule has 0 atom stereocenters. The average Bonchev–Trinajstić information content (AvgIpc) is 3.10. The molecule has 0 spiro atoms. The van der Waals surface area contributed by atoms with E-state index in [0.717, 1.165) is 6.07 Å². The van der Waals surface area contributed by atoms with E-state index in [2.05, 4.69) is 10.0 Å². The molecule has 0 aliphatic carbocycles. The van der Waals surface area contributed by atoms with Crippen LogP contribution in [0.25, 0.3) is 0 Å². The third-order valence-corrected chi connectivity index (χ3v) is 4.87. The summed E-state index contributed by atoms with van der Waals surface area (Å²) in [6.45, 7) is 0.873. The molecule has 0 saturated carbocycles. The van der Waals surface area contributed by atoms with Gasteiger partial charge in [0.1, 0.15) is 10.7 Å². The van der Waals surface area contributed by atoms with Crippen molar-refractivity contribution >= 4 is 21.7 Å². The Hall–Kier alpha value is -2.36. The first kappa shape index (κ1) is 19.0. The fourth-order valence-electron chi connectivity index (χ4n) is 2.12. The Balaban J connectivity index is 2.24. The molecule has 0 bridgehead atoms. The summed E-state index contributed by atoms with van der Waals surface area (Å²) in [6, 6.07) is 7.37. The Morgan fingerprint density at radius 2 is 2.12 bits per heavy atom. The fraction of sp³-hybridized carbons (Fsp3) is 0.312. The van der Waals surface area contributed by atoms with E-state index in [4.69, 9.17) is 14.3 Å². The Labute approximate surface area is 145 Å². The molecule has 0 saturated heterocycles. The lowest BCUT2D eigenvalue weighted by molar-refractivity contribution is 0.0696. The Morgan fingerprint density at radius 3 is 2.76 bits per heavy atom. The summed E-state index contributed by atoms with van der Waals surface area (Å²) in [5.74, 6) is -0.577. The van der Waals surface area contributed by atoms with Crippen LogP contribution < -0.4 is 10.0 Å². The number of anilines is 1. The summed E-state index contributed by atoms with van der Waals surface area (Å²) in [7, 11) is -2.35. The highest BCUT2D eigenvalue weighted by Gasteiger charge is 2.20. The van der Waals surface area contributed by atoms with Gasteiger partial charge in [-0.25, -0.2) is 17.9 Å². The molecular weight excluding hydrogens is 348 g/mol.